The van der Waals surface area contributed by atoms with Crippen LogP contribution in [0.2, 0.25) is 0 Å². The minimum absolute atomic E-state index is 0.276. The lowest BCUT2D eigenvalue weighted by atomic mass is 9.81. The Morgan fingerprint density at radius 1 is 1.47 bits per heavy atom. The summed E-state index contributed by atoms with van der Waals surface area (Å²) in [6.45, 7) is 4.48. The SMILES string of the molecule is COc1cccc2c1C(O)C(C)(C)CO2. The van der Waals surface area contributed by atoms with Gasteiger partial charge in [-0.05, 0) is 12.1 Å². The number of ether oxygens (including phenoxy) is 2. The minimum Gasteiger partial charge on any atom is -0.496 e. The summed E-state index contributed by atoms with van der Waals surface area (Å²) < 4.78 is 10.8. The largest absolute Gasteiger partial charge is 0.496 e. The van der Waals surface area contributed by atoms with E-state index in [0.29, 0.717) is 12.4 Å². The van der Waals surface area contributed by atoms with Crippen LogP contribution in [0.5, 0.6) is 11.5 Å². The van der Waals surface area contributed by atoms with Crippen molar-refractivity contribution >= 4 is 0 Å². The van der Waals surface area contributed by atoms with Crippen LogP contribution in [0.1, 0.15) is 25.5 Å². The predicted octanol–water partition coefficient (Wildman–Crippen LogP) is 2.15. The van der Waals surface area contributed by atoms with Gasteiger partial charge in [0.05, 0.1) is 25.4 Å². The zero-order chi connectivity index (χ0) is 11.1. The van der Waals surface area contributed by atoms with Crippen LogP contribution < -0.4 is 9.47 Å². The topological polar surface area (TPSA) is 38.7 Å². The Hall–Kier alpha value is -1.22. The van der Waals surface area contributed by atoms with Gasteiger partial charge in [0.1, 0.15) is 11.5 Å². The summed E-state index contributed by atoms with van der Waals surface area (Å²) in [5.74, 6) is 1.41. The number of hydrogen-bond donors (Lipinski definition) is 1. The highest BCUT2D eigenvalue weighted by Crippen LogP contribution is 2.46. The van der Waals surface area contributed by atoms with E-state index in [1.54, 1.807) is 7.11 Å². The molecule has 15 heavy (non-hydrogen) atoms. The summed E-state index contributed by atoms with van der Waals surface area (Å²) in [4.78, 5) is 0. The van der Waals surface area contributed by atoms with Crippen molar-refractivity contribution in [2.45, 2.75) is 20.0 Å². The number of aliphatic hydroxyl groups is 1. The first kappa shape index (κ1) is 10.3. The van der Waals surface area contributed by atoms with Crippen molar-refractivity contribution in [1.82, 2.24) is 0 Å². The Bertz CT molecular complexity index is 357. The maximum absolute atomic E-state index is 10.2. The highest BCUT2D eigenvalue weighted by atomic mass is 16.5. The van der Waals surface area contributed by atoms with Crippen molar-refractivity contribution in [2.75, 3.05) is 13.7 Å². The van der Waals surface area contributed by atoms with Gasteiger partial charge in [-0.25, -0.2) is 0 Å². The van der Waals surface area contributed by atoms with Gasteiger partial charge in [-0.3, -0.25) is 0 Å². The fraction of sp³-hybridized carbons (Fsp3) is 0.500. The molecule has 0 radical (unpaired) electrons. The minimum atomic E-state index is -0.544. The number of hydrogen-bond acceptors (Lipinski definition) is 3. The summed E-state index contributed by atoms with van der Waals surface area (Å²) >= 11 is 0. The first-order valence-corrected chi connectivity index (χ1v) is 5.04. The van der Waals surface area contributed by atoms with E-state index < -0.39 is 6.10 Å². The summed E-state index contributed by atoms with van der Waals surface area (Å²) in [7, 11) is 1.60. The molecule has 0 saturated carbocycles. The highest BCUT2D eigenvalue weighted by Gasteiger charge is 2.38. The molecule has 0 fully saturated rings. The van der Waals surface area contributed by atoms with E-state index in [-0.39, 0.29) is 5.41 Å². The van der Waals surface area contributed by atoms with E-state index in [9.17, 15) is 5.11 Å². The molecule has 82 valence electrons. The van der Waals surface area contributed by atoms with Crippen LogP contribution in [0.3, 0.4) is 0 Å². The van der Waals surface area contributed by atoms with E-state index in [2.05, 4.69) is 0 Å². The second-order valence-corrected chi connectivity index (χ2v) is 4.55. The Morgan fingerprint density at radius 2 is 2.20 bits per heavy atom. The molecule has 0 aliphatic carbocycles. The van der Waals surface area contributed by atoms with Crippen LogP contribution in [-0.4, -0.2) is 18.8 Å². The van der Waals surface area contributed by atoms with Gasteiger partial charge in [-0.2, -0.15) is 0 Å². The van der Waals surface area contributed by atoms with Gasteiger partial charge in [0, 0.05) is 5.41 Å². The zero-order valence-electron chi connectivity index (χ0n) is 9.28. The van der Waals surface area contributed by atoms with Gasteiger partial charge in [0.2, 0.25) is 0 Å². The standard InChI is InChI=1S/C12H16O3/c1-12(2)7-15-9-6-4-5-8(14-3)10(9)11(12)13/h4-6,11,13H,7H2,1-3H3. The Morgan fingerprint density at radius 3 is 2.87 bits per heavy atom. The molecule has 1 aliphatic heterocycles. The number of methoxy groups -OCH3 is 1. The molecule has 1 aliphatic rings. The Kier molecular flexibility index (Phi) is 2.35. The van der Waals surface area contributed by atoms with Crippen molar-refractivity contribution in [2.24, 2.45) is 5.41 Å². The third kappa shape index (κ3) is 1.57. The van der Waals surface area contributed by atoms with Crippen molar-refractivity contribution in [3.8, 4) is 11.5 Å². The zero-order valence-corrected chi connectivity index (χ0v) is 9.28. The van der Waals surface area contributed by atoms with Crippen molar-refractivity contribution in [3.63, 3.8) is 0 Å². The number of aliphatic hydroxyl groups excluding tert-OH is 1. The van der Waals surface area contributed by atoms with Gasteiger partial charge in [0.25, 0.3) is 0 Å². The molecule has 0 bridgehead atoms. The summed E-state index contributed by atoms with van der Waals surface area (Å²) in [5.41, 5.74) is 0.484. The monoisotopic (exact) mass is 208 g/mol. The van der Waals surface area contributed by atoms with Gasteiger partial charge in [-0.15, -0.1) is 0 Å². The van der Waals surface area contributed by atoms with Crippen LogP contribution in [0.15, 0.2) is 18.2 Å². The Balaban J connectivity index is 2.53. The molecule has 1 aromatic carbocycles. The lowest BCUT2D eigenvalue weighted by Gasteiger charge is -2.37. The summed E-state index contributed by atoms with van der Waals surface area (Å²) in [6, 6.07) is 5.56. The van der Waals surface area contributed by atoms with Gasteiger partial charge in [0.15, 0.2) is 0 Å². The number of fused-ring (bicyclic) bond motifs is 1. The molecule has 0 spiro atoms. The number of rotatable bonds is 1. The molecule has 0 amide bonds. The Labute approximate surface area is 89.6 Å². The van der Waals surface area contributed by atoms with Crippen LogP contribution in [0.4, 0.5) is 0 Å². The first-order chi connectivity index (χ1) is 7.06. The molecule has 3 heteroatoms. The van der Waals surface area contributed by atoms with E-state index in [0.717, 1.165) is 11.3 Å². The molecule has 3 nitrogen and oxygen atoms in total. The average Bonchev–Trinajstić information content (AvgIpc) is 2.23. The molecule has 1 N–H and O–H groups in total. The third-order valence-corrected chi connectivity index (χ3v) is 2.86. The van der Waals surface area contributed by atoms with E-state index in [1.807, 2.05) is 32.0 Å². The smallest absolute Gasteiger partial charge is 0.128 e. The maximum atomic E-state index is 10.2. The van der Waals surface area contributed by atoms with E-state index in [4.69, 9.17) is 9.47 Å². The molecule has 1 atom stereocenters. The maximum Gasteiger partial charge on any atom is 0.128 e. The average molecular weight is 208 g/mol. The van der Waals surface area contributed by atoms with Crippen LogP contribution in [0, 0.1) is 5.41 Å². The predicted molar refractivity (Wildman–Crippen MR) is 57.2 cm³/mol. The normalized spacial score (nSPS) is 22.8. The molecule has 1 heterocycles. The molecule has 2 rings (SSSR count). The first-order valence-electron chi connectivity index (χ1n) is 5.04. The molecule has 0 aromatic heterocycles. The van der Waals surface area contributed by atoms with Crippen molar-refractivity contribution in [3.05, 3.63) is 23.8 Å². The van der Waals surface area contributed by atoms with Gasteiger partial charge >= 0.3 is 0 Å². The second kappa shape index (κ2) is 3.42. The van der Waals surface area contributed by atoms with Crippen LogP contribution in [-0.2, 0) is 0 Å². The van der Waals surface area contributed by atoms with Crippen molar-refractivity contribution < 1.29 is 14.6 Å². The lowest BCUT2D eigenvalue weighted by Crippen LogP contribution is -2.33. The highest BCUT2D eigenvalue weighted by molar-refractivity contribution is 5.48. The van der Waals surface area contributed by atoms with E-state index in [1.165, 1.54) is 0 Å². The fourth-order valence-corrected chi connectivity index (χ4v) is 1.83. The summed E-state index contributed by atoms with van der Waals surface area (Å²) in [5, 5.41) is 10.2. The van der Waals surface area contributed by atoms with E-state index >= 15 is 0 Å². The molecule has 1 aromatic rings. The number of benzene rings is 1. The van der Waals surface area contributed by atoms with Crippen molar-refractivity contribution in [1.29, 1.82) is 0 Å². The molecule has 0 saturated heterocycles. The molecular formula is C12H16O3. The van der Waals surface area contributed by atoms with Crippen LogP contribution in [0.25, 0.3) is 0 Å². The quantitative estimate of drug-likeness (QED) is 0.768. The van der Waals surface area contributed by atoms with Gasteiger partial charge in [-0.1, -0.05) is 19.9 Å². The molecule has 1 unspecified atom stereocenters. The second-order valence-electron chi connectivity index (χ2n) is 4.55. The lowest BCUT2D eigenvalue weighted by molar-refractivity contribution is -0.00893. The summed E-state index contributed by atoms with van der Waals surface area (Å²) in [6.07, 6.45) is -0.544. The van der Waals surface area contributed by atoms with Crippen LogP contribution >= 0.6 is 0 Å². The van der Waals surface area contributed by atoms with Gasteiger partial charge < -0.3 is 14.6 Å². The molecular weight excluding hydrogens is 192 g/mol. The third-order valence-electron chi connectivity index (χ3n) is 2.86. The fourth-order valence-electron chi connectivity index (χ4n) is 1.83.